The van der Waals surface area contributed by atoms with Crippen LogP contribution in [-0.4, -0.2) is 30.8 Å². The summed E-state index contributed by atoms with van der Waals surface area (Å²) in [6, 6.07) is 3.65. The molecule has 1 unspecified atom stereocenters. The van der Waals surface area contributed by atoms with E-state index in [1.807, 2.05) is 12.1 Å². The van der Waals surface area contributed by atoms with Gasteiger partial charge in [0.15, 0.2) is 11.5 Å². The fourth-order valence-electron chi connectivity index (χ4n) is 1.99. The number of nitrogen functional groups attached to an aromatic ring is 1. The standard InChI is InChI=1S/C12H13N7OS/c1-21(14)11-17-9(13)8-10(18-11)19(12(20)16-8)6-7-2-4-15-5-3-7/h2-5,14H,6H2,1H3,(H,16,20)(H2,13,17,18). The number of hydrogen-bond donors (Lipinski definition) is 3. The van der Waals surface area contributed by atoms with Crippen LogP contribution in [0.5, 0.6) is 0 Å². The van der Waals surface area contributed by atoms with Gasteiger partial charge in [0, 0.05) is 12.4 Å². The van der Waals surface area contributed by atoms with E-state index in [-0.39, 0.29) is 11.5 Å². The van der Waals surface area contributed by atoms with Gasteiger partial charge in [-0.05, 0) is 34.6 Å². The lowest BCUT2D eigenvalue weighted by Gasteiger charge is -2.05. The van der Waals surface area contributed by atoms with Crippen LogP contribution in [0.2, 0.25) is 0 Å². The summed E-state index contributed by atoms with van der Waals surface area (Å²) in [5.74, 6) is 0.187. The molecule has 0 aliphatic carbocycles. The highest BCUT2D eigenvalue weighted by Crippen LogP contribution is 2.16. The van der Waals surface area contributed by atoms with E-state index in [9.17, 15) is 4.79 Å². The van der Waals surface area contributed by atoms with Crippen LogP contribution in [-0.2, 0) is 17.2 Å². The molecule has 1 atom stereocenters. The highest BCUT2D eigenvalue weighted by Gasteiger charge is 2.14. The Balaban J connectivity index is 2.20. The lowest BCUT2D eigenvalue weighted by molar-refractivity contribution is 0.770. The molecule has 3 aromatic rings. The smallest absolute Gasteiger partial charge is 0.328 e. The van der Waals surface area contributed by atoms with Gasteiger partial charge < -0.3 is 10.7 Å². The molecule has 0 radical (unpaired) electrons. The Morgan fingerprint density at radius 1 is 1.38 bits per heavy atom. The number of pyridine rings is 1. The highest BCUT2D eigenvalue weighted by molar-refractivity contribution is 7.85. The van der Waals surface area contributed by atoms with Crippen molar-refractivity contribution >= 4 is 27.7 Å². The molecular formula is C12H13N7OS. The Morgan fingerprint density at radius 3 is 2.76 bits per heavy atom. The molecule has 3 heterocycles. The van der Waals surface area contributed by atoms with Gasteiger partial charge in [-0.1, -0.05) is 0 Å². The zero-order chi connectivity index (χ0) is 15.0. The molecule has 0 bridgehead atoms. The number of H-pyrrole nitrogens is 1. The Bertz CT molecular complexity index is 884. The second-order valence-corrected chi connectivity index (χ2v) is 5.86. The monoisotopic (exact) mass is 303 g/mol. The van der Waals surface area contributed by atoms with Crippen LogP contribution in [0, 0.1) is 4.78 Å². The molecule has 108 valence electrons. The minimum Gasteiger partial charge on any atom is -0.382 e. The molecule has 0 fully saturated rings. The lowest BCUT2D eigenvalue weighted by atomic mass is 10.3. The van der Waals surface area contributed by atoms with Crippen LogP contribution >= 0.6 is 0 Å². The Kier molecular flexibility index (Phi) is 3.26. The molecule has 4 N–H and O–H groups in total. The van der Waals surface area contributed by atoms with Crippen LogP contribution in [0.25, 0.3) is 11.2 Å². The molecule has 9 heteroatoms. The lowest BCUT2D eigenvalue weighted by Crippen LogP contribution is -2.18. The minimum absolute atomic E-state index is 0.187. The van der Waals surface area contributed by atoms with Gasteiger partial charge in [0.05, 0.1) is 6.54 Å². The predicted molar refractivity (Wildman–Crippen MR) is 80.2 cm³/mol. The van der Waals surface area contributed by atoms with Crippen LogP contribution in [0.3, 0.4) is 0 Å². The molecule has 8 nitrogen and oxygen atoms in total. The molecule has 3 rings (SSSR count). The zero-order valence-corrected chi connectivity index (χ0v) is 12.0. The number of fused-ring (bicyclic) bond motifs is 1. The van der Waals surface area contributed by atoms with E-state index in [2.05, 4.69) is 19.9 Å². The average molecular weight is 303 g/mol. The number of aromatic amines is 1. The molecule has 21 heavy (non-hydrogen) atoms. The topological polar surface area (TPSA) is 126 Å². The first-order chi connectivity index (χ1) is 10.1. The van der Waals surface area contributed by atoms with Crippen LogP contribution in [0.4, 0.5) is 5.82 Å². The third-order valence-electron chi connectivity index (χ3n) is 2.99. The molecule has 3 aromatic heterocycles. The third kappa shape index (κ3) is 2.42. The van der Waals surface area contributed by atoms with E-state index in [0.717, 1.165) is 5.56 Å². The molecular weight excluding hydrogens is 290 g/mol. The first-order valence-corrected chi connectivity index (χ1v) is 7.71. The maximum Gasteiger partial charge on any atom is 0.328 e. The van der Waals surface area contributed by atoms with Gasteiger partial charge in [-0.2, -0.15) is 0 Å². The summed E-state index contributed by atoms with van der Waals surface area (Å²) in [6.45, 7) is 0.354. The van der Waals surface area contributed by atoms with Gasteiger partial charge in [-0.25, -0.2) is 14.8 Å². The van der Waals surface area contributed by atoms with Gasteiger partial charge in [-0.15, -0.1) is 0 Å². The Morgan fingerprint density at radius 2 is 2.10 bits per heavy atom. The van der Waals surface area contributed by atoms with Crippen molar-refractivity contribution in [2.75, 3.05) is 12.0 Å². The number of nitrogens with two attached hydrogens (primary N) is 1. The molecule has 0 aliphatic rings. The quantitative estimate of drug-likeness (QED) is 0.608. The minimum atomic E-state index is -0.882. The number of aromatic nitrogens is 5. The summed E-state index contributed by atoms with van der Waals surface area (Å²) >= 11 is 0. The summed E-state index contributed by atoms with van der Waals surface area (Å²) < 4.78 is 9.22. The molecule has 0 amide bonds. The third-order valence-corrected chi connectivity index (χ3v) is 3.72. The number of hydrogen-bond acceptors (Lipinski definition) is 6. The van der Waals surface area contributed by atoms with E-state index in [1.54, 1.807) is 18.6 Å². The van der Waals surface area contributed by atoms with E-state index in [0.29, 0.717) is 22.9 Å². The maximum atomic E-state index is 12.1. The van der Waals surface area contributed by atoms with Crippen molar-refractivity contribution in [3.63, 3.8) is 0 Å². The van der Waals surface area contributed by atoms with E-state index < -0.39 is 10.7 Å². The second-order valence-electron chi connectivity index (χ2n) is 4.47. The SMILES string of the molecule is CS(=N)c1nc(N)c2[nH]c(=O)n(Cc3ccncc3)c2n1. The number of imidazole rings is 1. The fraction of sp³-hybridized carbons (Fsp3) is 0.167. The van der Waals surface area contributed by atoms with Crippen molar-refractivity contribution in [2.45, 2.75) is 11.7 Å². The van der Waals surface area contributed by atoms with Crippen LogP contribution in [0.1, 0.15) is 5.56 Å². The summed E-state index contributed by atoms with van der Waals surface area (Å²) in [5.41, 5.74) is 7.29. The van der Waals surface area contributed by atoms with Crippen molar-refractivity contribution < 1.29 is 0 Å². The van der Waals surface area contributed by atoms with Crippen molar-refractivity contribution in [2.24, 2.45) is 0 Å². The molecule has 0 spiro atoms. The molecule has 0 aromatic carbocycles. The molecule has 0 aliphatic heterocycles. The van der Waals surface area contributed by atoms with Gasteiger partial charge in [0.25, 0.3) is 0 Å². The van der Waals surface area contributed by atoms with Crippen molar-refractivity contribution in [1.29, 1.82) is 4.78 Å². The van der Waals surface area contributed by atoms with Crippen molar-refractivity contribution in [1.82, 2.24) is 24.5 Å². The average Bonchev–Trinajstić information content (AvgIpc) is 2.77. The van der Waals surface area contributed by atoms with Gasteiger partial charge in [0.2, 0.25) is 5.16 Å². The van der Waals surface area contributed by atoms with Crippen LogP contribution in [0.15, 0.2) is 34.5 Å². The number of nitrogens with one attached hydrogen (secondary N) is 2. The summed E-state index contributed by atoms with van der Waals surface area (Å²) in [6.07, 6.45) is 5.01. The van der Waals surface area contributed by atoms with Crippen molar-refractivity contribution in [3.8, 4) is 0 Å². The van der Waals surface area contributed by atoms with E-state index >= 15 is 0 Å². The Labute approximate surface area is 122 Å². The number of nitrogens with zero attached hydrogens (tertiary/aromatic N) is 4. The van der Waals surface area contributed by atoms with Gasteiger partial charge >= 0.3 is 5.69 Å². The first kappa shape index (κ1) is 13.4. The molecule has 0 saturated heterocycles. The second kappa shape index (κ2) is 5.09. The largest absolute Gasteiger partial charge is 0.382 e. The summed E-state index contributed by atoms with van der Waals surface area (Å²) in [7, 11) is -0.882. The summed E-state index contributed by atoms with van der Waals surface area (Å²) in [5, 5.41) is 0.322. The van der Waals surface area contributed by atoms with E-state index in [4.69, 9.17) is 10.5 Å². The Hall–Kier alpha value is -2.55. The highest BCUT2D eigenvalue weighted by atomic mass is 32.2. The normalized spacial score (nSPS) is 12.6. The first-order valence-electron chi connectivity index (χ1n) is 6.08. The van der Waals surface area contributed by atoms with Crippen LogP contribution < -0.4 is 11.4 Å². The maximum absolute atomic E-state index is 12.1. The number of anilines is 1. The predicted octanol–water partition coefficient (Wildman–Crippen LogP) is 0.514. The van der Waals surface area contributed by atoms with E-state index in [1.165, 1.54) is 4.57 Å². The zero-order valence-electron chi connectivity index (χ0n) is 11.2. The summed E-state index contributed by atoms with van der Waals surface area (Å²) in [4.78, 5) is 27.1. The molecule has 0 saturated carbocycles. The fourth-order valence-corrected chi connectivity index (χ4v) is 2.44. The van der Waals surface area contributed by atoms with Gasteiger partial charge in [-0.3, -0.25) is 14.3 Å². The number of rotatable bonds is 3. The van der Waals surface area contributed by atoms with Gasteiger partial charge in [0.1, 0.15) is 5.52 Å². The van der Waals surface area contributed by atoms with Crippen molar-refractivity contribution in [3.05, 3.63) is 40.6 Å².